The third kappa shape index (κ3) is 4.27. The van der Waals surface area contributed by atoms with Crippen LogP contribution in [0.1, 0.15) is 28.9 Å². The van der Waals surface area contributed by atoms with Crippen LogP contribution in [0, 0.1) is 0 Å². The van der Waals surface area contributed by atoms with Crippen molar-refractivity contribution in [1.29, 1.82) is 0 Å². The standard InChI is InChI=1S/C18H20N2O3S/c21-17(14-4-2-1-3-5-14)10-16-11-23-9-8-20(16)18(22)7-6-15-12-24-13-19-15/h1-5,12-13,16H,6-11H2. The summed E-state index contributed by atoms with van der Waals surface area (Å²) in [5, 5.41) is 1.96. The Kier molecular flexibility index (Phi) is 5.72. The van der Waals surface area contributed by atoms with Crippen LogP contribution in [0.5, 0.6) is 0 Å². The van der Waals surface area contributed by atoms with Gasteiger partial charge in [0.25, 0.3) is 0 Å². The zero-order chi connectivity index (χ0) is 16.8. The van der Waals surface area contributed by atoms with E-state index < -0.39 is 0 Å². The van der Waals surface area contributed by atoms with Crippen LogP contribution in [-0.4, -0.2) is 47.4 Å². The van der Waals surface area contributed by atoms with Crippen LogP contribution >= 0.6 is 11.3 Å². The maximum atomic E-state index is 12.6. The highest BCUT2D eigenvalue weighted by Crippen LogP contribution is 2.16. The van der Waals surface area contributed by atoms with E-state index in [0.717, 1.165) is 5.69 Å². The summed E-state index contributed by atoms with van der Waals surface area (Å²) >= 11 is 1.53. The number of hydrogen-bond donors (Lipinski definition) is 0. The van der Waals surface area contributed by atoms with Gasteiger partial charge in [0.05, 0.1) is 30.5 Å². The Balaban J connectivity index is 1.60. The lowest BCUT2D eigenvalue weighted by Gasteiger charge is -2.35. The number of aromatic nitrogens is 1. The fourth-order valence-electron chi connectivity index (χ4n) is 2.85. The largest absolute Gasteiger partial charge is 0.377 e. The average Bonchev–Trinajstić information content (AvgIpc) is 3.14. The fraction of sp³-hybridized carbons (Fsp3) is 0.389. The number of benzene rings is 1. The minimum atomic E-state index is -0.186. The topological polar surface area (TPSA) is 59.5 Å². The Morgan fingerprint density at radius 1 is 1.29 bits per heavy atom. The third-order valence-electron chi connectivity index (χ3n) is 4.14. The first-order valence-electron chi connectivity index (χ1n) is 8.06. The minimum absolute atomic E-state index is 0.0448. The summed E-state index contributed by atoms with van der Waals surface area (Å²) < 4.78 is 5.49. The van der Waals surface area contributed by atoms with Gasteiger partial charge >= 0.3 is 0 Å². The van der Waals surface area contributed by atoms with E-state index in [4.69, 9.17) is 4.74 Å². The van der Waals surface area contributed by atoms with Crippen molar-refractivity contribution >= 4 is 23.0 Å². The molecule has 1 aromatic heterocycles. The highest BCUT2D eigenvalue weighted by Gasteiger charge is 2.29. The van der Waals surface area contributed by atoms with Crippen LogP contribution < -0.4 is 0 Å². The van der Waals surface area contributed by atoms with Crippen molar-refractivity contribution in [3.63, 3.8) is 0 Å². The predicted molar refractivity (Wildman–Crippen MR) is 92.1 cm³/mol. The number of ether oxygens (including phenoxy) is 1. The normalized spacial score (nSPS) is 17.7. The van der Waals surface area contributed by atoms with Gasteiger partial charge in [-0.1, -0.05) is 30.3 Å². The van der Waals surface area contributed by atoms with Crippen molar-refractivity contribution in [1.82, 2.24) is 9.88 Å². The number of carbonyl (C=O) groups is 2. The highest BCUT2D eigenvalue weighted by atomic mass is 32.1. The first-order valence-corrected chi connectivity index (χ1v) is 9.01. The van der Waals surface area contributed by atoms with Crippen molar-refractivity contribution in [3.8, 4) is 0 Å². The highest BCUT2D eigenvalue weighted by molar-refractivity contribution is 7.07. The molecule has 1 fully saturated rings. The maximum Gasteiger partial charge on any atom is 0.223 e. The lowest BCUT2D eigenvalue weighted by Crippen LogP contribution is -2.49. The molecule has 6 heteroatoms. The summed E-state index contributed by atoms with van der Waals surface area (Å²) in [5.74, 6) is 0.112. The molecule has 24 heavy (non-hydrogen) atoms. The van der Waals surface area contributed by atoms with Gasteiger partial charge in [-0.05, 0) is 6.42 Å². The molecule has 0 aliphatic carbocycles. The molecule has 3 rings (SSSR count). The smallest absolute Gasteiger partial charge is 0.223 e. The number of morpholine rings is 1. The van der Waals surface area contributed by atoms with Gasteiger partial charge in [-0.25, -0.2) is 4.98 Å². The predicted octanol–water partition coefficient (Wildman–Crippen LogP) is 2.58. The number of thiazole rings is 1. The van der Waals surface area contributed by atoms with Gasteiger partial charge in [-0.3, -0.25) is 9.59 Å². The van der Waals surface area contributed by atoms with E-state index in [0.29, 0.717) is 44.6 Å². The van der Waals surface area contributed by atoms with E-state index in [1.807, 2.05) is 23.6 Å². The Bertz CT molecular complexity index is 673. The number of ketones is 1. The Hall–Kier alpha value is -2.05. The summed E-state index contributed by atoms with van der Waals surface area (Å²) in [5.41, 5.74) is 3.40. The van der Waals surface area contributed by atoms with E-state index >= 15 is 0 Å². The van der Waals surface area contributed by atoms with Gasteiger partial charge in [0.1, 0.15) is 0 Å². The average molecular weight is 344 g/mol. The van der Waals surface area contributed by atoms with E-state index in [9.17, 15) is 9.59 Å². The molecule has 2 heterocycles. The monoisotopic (exact) mass is 344 g/mol. The van der Waals surface area contributed by atoms with Crippen molar-refractivity contribution in [3.05, 3.63) is 52.5 Å². The first-order chi connectivity index (χ1) is 11.7. The number of nitrogens with zero attached hydrogens (tertiary/aromatic N) is 2. The lowest BCUT2D eigenvalue weighted by atomic mass is 10.0. The Morgan fingerprint density at radius 2 is 2.12 bits per heavy atom. The summed E-state index contributed by atoms with van der Waals surface area (Å²) in [7, 11) is 0. The third-order valence-corrected chi connectivity index (χ3v) is 4.78. The van der Waals surface area contributed by atoms with Crippen LogP contribution in [0.3, 0.4) is 0 Å². The van der Waals surface area contributed by atoms with Crippen LogP contribution in [0.4, 0.5) is 0 Å². The molecular weight excluding hydrogens is 324 g/mol. The van der Waals surface area contributed by atoms with Crippen LogP contribution in [0.25, 0.3) is 0 Å². The molecule has 1 atom stereocenters. The summed E-state index contributed by atoms with van der Waals surface area (Å²) in [6.45, 7) is 1.49. The van der Waals surface area contributed by atoms with Gasteiger partial charge in [0, 0.05) is 30.3 Å². The van der Waals surface area contributed by atoms with E-state index in [-0.39, 0.29) is 17.7 Å². The minimum Gasteiger partial charge on any atom is -0.377 e. The molecule has 1 aromatic carbocycles. The zero-order valence-electron chi connectivity index (χ0n) is 13.4. The second kappa shape index (κ2) is 8.17. The number of hydrogen-bond acceptors (Lipinski definition) is 5. The molecule has 1 amide bonds. The molecule has 0 bridgehead atoms. The molecule has 0 radical (unpaired) electrons. The maximum absolute atomic E-state index is 12.6. The number of carbonyl (C=O) groups excluding carboxylic acids is 2. The SMILES string of the molecule is O=C(CC1COCCN1C(=O)CCc1cscn1)c1ccccc1. The second-order valence-corrected chi connectivity index (χ2v) is 6.51. The lowest BCUT2D eigenvalue weighted by molar-refractivity contribution is -0.139. The fourth-order valence-corrected chi connectivity index (χ4v) is 3.44. The number of rotatable bonds is 6. The van der Waals surface area contributed by atoms with Gasteiger partial charge in [0.15, 0.2) is 5.78 Å². The van der Waals surface area contributed by atoms with Gasteiger partial charge in [-0.2, -0.15) is 0 Å². The molecule has 0 spiro atoms. The summed E-state index contributed by atoms with van der Waals surface area (Å²) in [6, 6.07) is 9.01. The van der Waals surface area contributed by atoms with Gasteiger partial charge in [0.2, 0.25) is 5.91 Å². The van der Waals surface area contributed by atoms with E-state index in [1.165, 1.54) is 11.3 Å². The summed E-state index contributed by atoms with van der Waals surface area (Å²) in [6.07, 6.45) is 1.35. The van der Waals surface area contributed by atoms with Gasteiger partial charge in [-0.15, -0.1) is 11.3 Å². The number of aryl methyl sites for hydroxylation is 1. The molecule has 2 aromatic rings. The van der Waals surface area contributed by atoms with Crippen molar-refractivity contribution < 1.29 is 14.3 Å². The van der Waals surface area contributed by atoms with Crippen LogP contribution in [0.15, 0.2) is 41.2 Å². The molecule has 1 unspecified atom stereocenters. The van der Waals surface area contributed by atoms with Crippen molar-refractivity contribution in [2.45, 2.75) is 25.3 Å². The molecular formula is C18H20N2O3S. The van der Waals surface area contributed by atoms with Crippen molar-refractivity contribution in [2.24, 2.45) is 0 Å². The van der Waals surface area contributed by atoms with Crippen LogP contribution in [-0.2, 0) is 16.0 Å². The second-order valence-electron chi connectivity index (χ2n) is 5.79. The molecule has 126 valence electrons. The molecule has 0 saturated carbocycles. The Morgan fingerprint density at radius 3 is 2.88 bits per heavy atom. The molecule has 1 saturated heterocycles. The molecule has 0 N–H and O–H groups in total. The molecule has 1 aliphatic heterocycles. The summed E-state index contributed by atoms with van der Waals surface area (Å²) in [4.78, 5) is 31.0. The Labute approximate surface area is 145 Å². The molecule has 5 nitrogen and oxygen atoms in total. The van der Waals surface area contributed by atoms with E-state index in [1.54, 1.807) is 22.5 Å². The van der Waals surface area contributed by atoms with E-state index in [2.05, 4.69) is 4.98 Å². The quantitative estimate of drug-likeness (QED) is 0.756. The van der Waals surface area contributed by atoms with Crippen LogP contribution in [0.2, 0.25) is 0 Å². The first kappa shape index (κ1) is 16.8. The number of amides is 1. The van der Waals surface area contributed by atoms with Crippen molar-refractivity contribution in [2.75, 3.05) is 19.8 Å². The zero-order valence-corrected chi connectivity index (χ0v) is 14.2. The number of Topliss-reactive ketones (excluding diaryl/α,β-unsaturated/α-hetero) is 1. The van der Waals surface area contributed by atoms with Gasteiger partial charge < -0.3 is 9.64 Å². The molecule has 1 aliphatic rings.